The maximum atomic E-state index is 10.9. The fourth-order valence-corrected chi connectivity index (χ4v) is 4.80. The number of hydrogen-bond acceptors (Lipinski definition) is 3. The molecule has 0 spiro atoms. The molecule has 0 saturated heterocycles. The van der Waals surface area contributed by atoms with Gasteiger partial charge in [-0.2, -0.15) is 0 Å². The van der Waals surface area contributed by atoms with Gasteiger partial charge in [-0.05, 0) is 55.4 Å². The Bertz CT molecular complexity index is 229. The second-order valence-electron chi connectivity index (χ2n) is 5.88. The third kappa shape index (κ3) is 3.43. The first-order valence-electron chi connectivity index (χ1n) is 6.84. The Hall–Kier alpha value is 0.270. The molecule has 0 aromatic rings. The molecule has 0 saturated carbocycles. The summed E-state index contributed by atoms with van der Waals surface area (Å²) in [7, 11) is 0.298. The molecule has 0 bridgehead atoms. The van der Waals surface area contributed by atoms with Crippen LogP contribution in [0.15, 0.2) is 0 Å². The SMILES string of the molecule is CO[N+](C(C)C)(C(C)C)P(O)N(C(C)C)C(C)C. The largest absolute Gasteiger partial charge is 0.375 e. The molecule has 110 valence electrons. The van der Waals surface area contributed by atoms with E-state index in [4.69, 9.17) is 4.84 Å². The van der Waals surface area contributed by atoms with Crippen LogP contribution in [0.5, 0.6) is 0 Å². The second kappa shape index (κ2) is 7.16. The molecule has 0 aromatic carbocycles. The maximum Gasteiger partial charge on any atom is 0.375 e. The summed E-state index contributed by atoms with van der Waals surface area (Å²) in [6.45, 7) is 16.9. The highest BCUT2D eigenvalue weighted by atomic mass is 31.2. The molecule has 0 rings (SSSR count). The Morgan fingerprint density at radius 1 is 0.889 bits per heavy atom. The van der Waals surface area contributed by atoms with Gasteiger partial charge in [0.25, 0.3) is 0 Å². The van der Waals surface area contributed by atoms with Crippen molar-refractivity contribution in [2.24, 2.45) is 0 Å². The molecule has 5 heteroatoms. The Labute approximate surface area is 114 Å². The zero-order valence-electron chi connectivity index (χ0n) is 13.5. The molecule has 0 fully saturated rings. The van der Waals surface area contributed by atoms with Crippen LogP contribution in [-0.2, 0) is 4.84 Å². The maximum absolute atomic E-state index is 10.9. The molecular formula is C13H32N2O2P+. The number of rotatable bonds is 7. The monoisotopic (exact) mass is 279 g/mol. The first-order chi connectivity index (χ1) is 8.12. The van der Waals surface area contributed by atoms with Gasteiger partial charge in [-0.1, -0.05) is 0 Å². The van der Waals surface area contributed by atoms with Crippen molar-refractivity contribution >= 4 is 8.45 Å². The van der Waals surface area contributed by atoms with E-state index in [0.717, 1.165) is 0 Å². The molecule has 0 radical (unpaired) electrons. The van der Waals surface area contributed by atoms with Crippen molar-refractivity contribution < 1.29 is 14.1 Å². The van der Waals surface area contributed by atoms with Crippen LogP contribution in [0.2, 0.25) is 0 Å². The van der Waals surface area contributed by atoms with E-state index in [9.17, 15) is 4.89 Å². The van der Waals surface area contributed by atoms with Crippen molar-refractivity contribution in [3.63, 3.8) is 0 Å². The van der Waals surface area contributed by atoms with Crippen molar-refractivity contribution in [3.05, 3.63) is 0 Å². The van der Waals surface area contributed by atoms with Crippen molar-refractivity contribution in [2.75, 3.05) is 7.11 Å². The second-order valence-corrected chi connectivity index (χ2v) is 7.50. The zero-order valence-corrected chi connectivity index (χ0v) is 14.4. The summed E-state index contributed by atoms with van der Waals surface area (Å²) >= 11 is 0. The molecule has 0 amide bonds. The standard InChI is InChI=1S/C13H32N2O2P/c1-10(2)14(11(3)4)18(16)15(17-9,12(5)6)13(7)8/h10-13,16H,1-9H3/q+1. The van der Waals surface area contributed by atoms with Gasteiger partial charge >= 0.3 is 8.45 Å². The van der Waals surface area contributed by atoms with Gasteiger partial charge in [-0.15, -0.1) is 4.42 Å². The fraction of sp³-hybridized carbons (Fsp3) is 1.00. The van der Waals surface area contributed by atoms with Crippen molar-refractivity contribution in [3.8, 4) is 0 Å². The fourth-order valence-electron chi connectivity index (χ4n) is 2.67. The molecule has 4 nitrogen and oxygen atoms in total. The molecule has 0 aliphatic heterocycles. The number of hydrogen-bond donors (Lipinski definition) is 1. The first-order valence-corrected chi connectivity index (χ1v) is 8.04. The van der Waals surface area contributed by atoms with E-state index in [-0.39, 0.29) is 12.1 Å². The van der Waals surface area contributed by atoms with Crippen LogP contribution in [0.25, 0.3) is 0 Å². The van der Waals surface area contributed by atoms with Crippen LogP contribution < -0.4 is 0 Å². The third-order valence-electron chi connectivity index (χ3n) is 3.32. The number of quaternary nitrogens is 1. The minimum absolute atomic E-state index is 0.214. The van der Waals surface area contributed by atoms with Crippen LogP contribution in [-0.4, -0.2) is 45.3 Å². The molecule has 0 aliphatic carbocycles. The molecule has 1 N–H and O–H groups in total. The van der Waals surface area contributed by atoms with Gasteiger partial charge in [0, 0.05) is 12.1 Å². The number of nitrogens with zero attached hydrogens (tertiary/aromatic N) is 2. The predicted molar refractivity (Wildman–Crippen MR) is 78.8 cm³/mol. The Kier molecular flexibility index (Phi) is 7.27. The molecule has 0 aromatic heterocycles. The quantitative estimate of drug-likeness (QED) is 0.572. The van der Waals surface area contributed by atoms with E-state index in [1.54, 1.807) is 7.11 Å². The van der Waals surface area contributed by atoms with Crippen molar-refractivity contribution in [1.82, 2.24) is 4.67 Å². The van der Waals surface area contributed by atoms with E-state index in [1.807, 2.05) is 0 Å². The first kappa shape index (κ1) is 18.3. The van der Waals surface area contributed by atoms with Crippen molar-refractivity contribution in [2.45, 2.75) is 79.6 Å². The van der Waals surface area contributed by atoms with Crippen LogP contribution in [0.3, 0.4) is 0 Å². The van der Waals surface area contributed by atoms with Gasteiger partial charge in [0.2, 0.25) is 0 Å². The summed E-state index contributed by atoms with van der Waals surface area (Å²) in [5.41, 5.74) is 0. The minimum atomic E-state index is -1.40. The Morgan fingerprint density at radius 2 is 1.22 bits per heavy atom. The molecule has 0 heterocycles. The zero-order chi connectivity index (χ0) is 14.7. The Morgan fingerprint density at radius 3 is 1.39 bits per heavy atom. The molecule has 18 heavy (non-hydrogen) atoms. The van der Waals surface area contributed by atoms with E-state index < -0.39 is 8.45 Å². The van der Waals surface area contributed by atoms with Crippen LogP contribution >= 0.6 is 8.45 Å². The van der Waals surface area contributed by atoms with Gasteiger partial charge in [0.05, 0.1) is 7.11 Å². The summed E-state index contributed by atoms with van der Waals surface area (Å²) in [5, 5.41) is 0. The lowest BCUT2D eigenvalue weighted by atomic mass is 10.3. The summed E-state index contributed by atoms with van der Waals surface area (Å²) in [6, 6.07) is 1.02. The highest BCUT2D eigenvalue weighted by molar-refractivity contribution is 7.42. The highest BCUT2D eigenvalue weighted by Crippen LogP contribution is 2.53. The van der Waals surface area contributed by atoms with Gasteiger partial charge in [-0.25, -0.2) is 9.51 Å². The van der Waals surface area contributed by atoms with Gasteiger partial charge in [-0.3, -0.25) is 0 Å². The lowest BCUT2D eigenvalue weighted by molar-refractivity contribution is -1.04. The molecule has 1 unspecified atom stereocenters. The summed E-state index contributed by atoms with van der Waals surface area (Å²) < 4.78 is 2.46. The summed E-state index contributed by atoms with van der Waals surface area (Å²) in [4.78, 5) is 16.7. The molecular weight excluding hydrogens is 247 g/mol. The molecule has 1 atom stereocenters. The average molecular weight is 279 g/mol. The summed E-state index contributed by atoms with van der Waals surface area (Å²) in [5.74, 6) is 0. The lowest BCUT2D eigenvalue weighted by Crippen LogP contribution is -2.56. The highest BCUT2D eigenvalue weighted by Gasteiger charge is 2.50. The van der Waals surface area contributed by atoms with Gasteiger partial charge in [0.1, 0.15) is 12.1 Å². The predicted octanol–water partition coefficient (Wildman–Crippen LogP) is 3.52. The normalized spacial score (nSPS) is 15.5. The lowest BCUT2D eigenvalue weighted by Gasteiger charge is -2.47. The Balaban J connectivity index is 5.48. The minimum Gasteiger partial charge on any atom is -0.311 e. The van der Waals surface area contributed by atoms with Gasteiger partial charge in [0.15, 0.2) is 0 Å². The van der Waals surface area contributed by atoms with Gasteiger partial charge < -0.3 is 4.89 Å². The van der Waals surface area contributed by atoms with Crippen LogP contribution in [0, 0.1) is 0 Å². The summed E-state index contributed by atoms with van der Waals surface area (Å²) in [6.07, 6.45) is 0. The van der Waals surface area contributed by atoms with E-state index in [0.29, 0.717) is 16.5 Å². The smallest absolute Gasteiger partial charge is 0.311 e. The van der Waals surface area contributed by atoms with Crippen LogP contribution in [0.1, 0.15) is 55.4 Å². The topological polar surface area (TPSA) is 32.7 Å². The van der Waals surface area contributed by atoms with E-state index in [1.165, 1.54) is 0 Å². The molecule has 0 aliphatic rings. The van der Waals surface area contributed by atoms with Crippen molar-refractivity contribution in [1.29, 1.82) is 0 Å². The average Bonchev–Trinajstić information content (AvgIpc) is 2.16. The van der Waals surface area contributed by atoms with E-state index >= 15 is 0 Å². The number of hydroxylamine groups is 2. The van der Waals surface area contributed by atoms with Crippen LogP contribution in [0.4, 0.5) is 0 Å². The third-order valence-corrected chi connectivity index (χ3v) is 6.30. The van der Waals surface area contributed by atoms with E-state index in [2.05, 4.69) is 60.1 Å².